The molecule has 5 nitrogen and oxygen atoms in total. The summed E-state index contributed by atoms with van der Waals surface area (Å²) in [7, 11) is 1.93. The number of ether oxygens (including phenoxy) is 2. The van der Waals surface area contributed by atoms with Crippen molar-refractivity contribution in [2.24, 2.45) is 0 Å². The summed E-state index contributed by atoms with van der Waals surface area (Å²) in [5.74, 6) is -0.644. The summed E-state index contributed by atoms with van der Waals surface area (Å²) in [4.78, 5) is 20.7. The van der Waals surface area contributed by atoms with E-state index in [2.05, 4.69) is 21.7 Å². The highest BCUT2D eigenvalue weighted by molar-refractivity contribution is 5.69. The second kappa shape index (κ2) is 20.3. The van der Waals surface area contributed by atoms with Gasteiger partial charge in [-0.25, -0.2) is 0 Å². The van der Waals surface area contributed by atoms with Crippen LogP contribution >= 0.6 is 0 Å². The fourth-order valence-electron chi connectivity index (χ4n) is 0.443. The van der Waals surface area contributed by atoms with Crippen LogP contribution in [0.1, 0.15) is 41.0 Å². The Morgan fingerprint density at radius 2 is 1.47 bits per heavy atom. The van der Waals surface area contributed by atoms with Crippen molar-refractivity contribution >= 4 is 11.9 Å². The third-order valence-corrected chi connectivity index (χ3v) is 1.29. The average Bonchev–Trinajstić information content (AvgIpc) is 2.36. The van der Waals surface area contributed by atoms with Gasteiger partial charge in [0, 0.05) is 13.3 Å². The molecule has 0 rings (SSSR count). The summed E-state index contributed by atoms with van der Waals surface area (Å²) in [6, 6.07) is 0. The number of carbonyl (C=O) groups excluding carboxylic acids is 2. The van der Waals surface area contributed by atoms with E-state index in [1.165, 1.54) is 6.92 Å². The van der Waals surface area contributed by atoms with Crippen molar-refractivity contribution in [3.8, 4) is 0 Å². The van der Waals surface area contributed by atoms with Gasteiger partial charge >= 0.3 is 11.9 Å². The molecule has 0 saturated heterocycles. The topological polar surface area (TPSA) is 64.6 Å². The summed E-state index contributed by atoms with van der Waals surface area (Å²) in [6.07, 6.45) is 0.347. The van der Waals surface area contributed by atoms with E-state index < -0.39 is 0 Å². The molecule has 0 aliphatic rings. The van der Waals surface area contributed by atoms with E-state index in [-0.39, 0.29) is 25.2 Å². The van der Waals surface area contributed by atoms with Gasteiger partial charge in [0.25, 0.3) is 0 Å². The Morgan fingerprint density at radius 1 is 1.06 bits per heavy atom. The highest BCUT2D eigenvalue weighted by Crippen LogP contribution is 1.84. The van der Waals surface area contributed by atoms with Crippen LogP contribution in [0.25, 0.3) is 0 Å². The van der Waals surface area contributed by atoms with Crippen molar-refractivity contribution in [2.75, 3.05) is 26.8 Å². The normalized spacial score (nSPS) is 7.88. The lowest BCUT2D eigenvalue weighted by Gasteiger charge is -2.02. The summed E-state index contributed by atoms with van der Waals surface area (Å²) in [6.45, 7) is 10.4. The van der Waals surface area contributed by atoms with Gasteiger partial charge in [-0.15, -0.1) is 0 Å². The van der Waals surface area contributed by atoms with Gasteiger partial charge in [-0.1, -0.05) is 27.7 Å². The number of hydrogen-bond acceptors (Lipinski definition) is 5. The molecule has 0 amide bonds. The van der Waals surface area contributed by atoms with E-state index in [9.17, 15) is 9.59 Å². The van der Waals surface area contributed by atoms with Gasteiger partial charge in [0.15, 0.2) is 0 Å². The molecule has 0 spiro atoms. The van der Waals surface area contributed by atoms with Gasteiger partial charge in [-0.3, -0.25) is 9.59 Å². The van der Waals surface area contributed by atoms with Gasteiger partial charge in [-0.2, -0.15) is 0 Å². The van der Waals surface area contributed by atoms with E-state index in [4.69, 9.17) is 0 Å². The third kappa shape index (κ3) is 31.3. The van der Waals surface area contributed by atoms with Crippen LogP contribution in [0.5, 0.6) is 0 Å². The molecular formula is C12H27NO4. The molecule has 0 aliphatic carbocycles. The SMILES string of the molecule is CC.CCC(=O)OCCOC(C)=O.CCNC. The lowest BCUT2D eigenvalue weighted by atomic mass is 10.5. The minimum atomic E-state index is -0.363. The highest BCUT2D eigenvalue weighted by atomic mass is 16.6. The first-order valence-electron chi connectivity index (χ1n) is 6.02. The van der Waals surface area contributed by atoms with Crippen LogP contribution in [0.3, 0.4) is 0 Å². The van der Waals surface area contributed by atoms with Crippen molar-refractivity contribution < 1.29 is 19.1 Å². The molecule has 0 bridgehead atoms. The highest BCUT2D eigenvalue weighted by Gasteiger charge is 1.97. The summed E-state index contributed by atoms with van der Waals surface area (Å²) < 4.78 is 9.15. The minimum absolute atomic E-state index is 0.140. The van der Waals surface area contributed by atoms with Crippen LogP contribution in [-0.4, -0.2) is 38.7 Å². The lowest BCUT2D eigenvalue weighted by molar-refractivity contribution is -0.150. The second-order valence-electron chi connectivity index (χ2n) is 2.62. The van der Waals surface area contributed by atoms with Gasteiger partial charge in [0.2, 0.25) is 0 Å². The van der Waals surface area contributed by atoms with Gasteiger partial charge in [0.05, 0.1) is 0 Å². The first-order chi connectivity index (χ1) is 8.08. The molecule has 0 aliphatic heterocycles. The molecule has 0 heterocycles. The Kier molecular flexibility index (Phi) is 25.4. The summed E-state index contributed by atoms with van der Waals surface area (Å²) in [5, 5.41) is 2.93. The Bertz CT molecular complexity index is 170. The smallest absolute Gasteiger partial charge is 0.305 e. The van der Waals surface area contributed by atoms with E-state index in [1.54, 1.807) is 6.92 Å². The maximum atomic E-state index is 10.5. The molecule has 5 heteroatoms. The number of carbonyl (C=O) groups is 2. The Labute approximate surface area is 105 Å². The second-order valence-corrected chi connectivity index (χ2v) is 2.62. The maximum absolute atomic E-state index is 10.5. The Hall–Kier alpha value is -1.10. The largest absolute Gasteiger partial charge is 0.462 e. The molecule has 0 unspecified atom stereocenters. The molecular weight excluding hydrogens is 222 g/mol. The average molecular weight is 249 g/mol. The van der Waals surface area contributed by atoms with Crippen LogP contribution in [0.2, 0.25) is 0 Å². The number of hydrogen-bond donors (Lipinski definition) is 1. The molecule has 0 aromatic carbocycles. The molecule has 0 saturated carbocycles. The van der Waals surface area contributed by atoms with Gasteiger partial charge < -0.3 is 14.8 Å². The maximum Gasteiger partial charge on any atom is 0.305 e. The van der Waals surface area contributed by atoms with Crippen LogP contribution in [-0.2, 0) is 19.1 Å². The molecule has 0 atom stereocenters. The van der Waals surface area contributed by atoms with Crippen LogP contribution in [0.4, 0.5) is 0 Å². The zero-order valence-corrected chi connectivity index (χ0v) is 12.0. The van der Waals surface area contributed by atoms with E-state index >= 15 is 0 Å². The fourth-order valence-corrected chi connectivity index (χ4v) is 0.443. The standard InChI is InChI=1S/C7H12O4.C3H9N.C2H6/c1-3-7(9)11-5-4-10-6(2)8;1-3-4-2;1-2/h3-5H2,1-2H3;4H,3H2,1-2H3;1-2H3. The molecule has 0 fully saturated rings. The fraction of sp³-hybridized carbons (Fsp3) is 0.833. The molecule has 104 valence electrons. The lowest BCUT2D eigenvalue weighted by Crippen LogP contribution is -2.11. The summed E-state index contributed by atoms with van der Waals surface area (Å²) in [5.41, 5.74) is 0. The predicted octanol–water partition coefficient (Wildman–Crippen LogP) is 1.75. The van der Waals surface area contributed by atoms with Crippen LogP contribution in [0.15, 0.2) is 0 Å². The van der Waals surface area contributed by atoms with Crippen LogP contribution in [0, 0.1) is 0 Å². The van der Waals surface area contributed by atoms with Gasteiger partial charge in [0.1, 0.15) is 13.2 Å². The first-order valence-corrected chi connectivity index (χ1v) is 6.02. The molecule has 0 aromatic rings. The molecule has 17 heavy (non-hydrogen) atoms. The number of esters is 2. The Balaban J connectivity index is -0.000000275. The minimum Gasteiger partial charge on any atom is -0.462 e. The number of rotatable bonds is 5. The van der Waals surface area contributed by atoms with Crippen molar-refractivity contribution in [1.82, 2.24) is 5.32 Å². The zero-order valence-electron chi connectivity index (χ0n) is 12.0. The molecule has 0 radical (unpaired) electrons. The van der Waals surface area contributed by atoms with E-state index in [0.717, 1.165) is 6.54 Å². The monoisotopic (exact) mass is 249 g/mol. The zero-order chi connectivity index (χ0) is 14.1. The van der Waals surface area contributed by atoms with Gasteiger partial charge in [-0.05, 0) is 13.6 Å². The molecule has 0 aromatic heterocycles. The van der Waals surface area contributed by atoms with Crippen molar-refractivity contribution in [3.05, 3.63) is 0 Å². The van der Waals surface area contributed by atoms with E-state index in [1.807, 2.05) is 20.9 Å². The van der Waals surface area contributed by atoms with E-state index in [0.29, 0.717) is 6.42 Å². The predicted molar refractivity (Wildman–Crippen MR) is 68.8 cm³/mol. The first kappa shape index (κ1) is 21.2. The van der Waals surface area contributed by atoms with Crippen molar-refractivity contribution in [1.29, 1.82) is 0 Å². The third-order valence-electron chi connectivity index (χ3n) is 1.29. The van der Waals surface area contributed by atoms with Crippen molar-refractivity contribution in [2.45, 2.75) is 41.0 Å². The Morgan fingerprint density at radius 3 is 1.76 bits per heavy atom. The summed E-state index contributed by atoms with van der Waals surface area (Å²) >= 11 is 0. The molecule has 1 N–H and O–H groups in total. The number of nitrogens with one attached hydrogen (secondary N) is 1. The van der Waals surface area contributed by atoms with Crippen LogP contribution < -0.4 is 5.32 Å². The van der Waals surface area contributed by atoms with Crippen molar-refractivity contribution in [3.63, 3.8) is 0 Å². The quantitative estimate of drug-likeness (QED) is 0.594.